The van der Waals surface area contributed by atoms with Crippen molar-refractivity contribution in [3.8, 4) is 0 Å². The third kappa shape index (κ3) is 8.70. The summed E-state index contributed by atoms with van der Waals surface area (Å²) in [6.45, 7) is 12.1. The molecule has 158 valence electrons. The Bertz CT molecular complexity index is 682. The van der Waals surface area contributed by atoms with Gasteiger partial charge in [-0.3, -0.25) is 0 Å². The van der Waals surface area contributed by atoms with Crippen molar-refractivity contribution in [2.24, 2.45) is 5.92 Å². The molecular weight excluding hydrogens is 360 g/mol. The van der Waals surface area contributed by atoms with Gasteiger partial charge < -0.3 is 4.74 Å². The van der Waals surface area contributed by atoms with Crippen LogP contribution in [0.5, 0.6) is 0 Å². The van der Waals surface area contributed by atoms with Crippen molar-refractivity contribution in [3.05, 3.63) is 71.8 Å². The maximum atomic E-state index is 13.1. The van der Waals surface area contributed by atoms with E-state index in [2.05, 4.69) is 43.1 Å². The molecule has 2 aromatic carbocycles. The van der Waals surface area contributed by atoms with E-state index in [1.807, 2.05) is 57.2 Å². The molecule has 4 heteroatoms. The molecule has 0 atom stereocenters. The molecule has 2 rings (SSSR count). The number of rotatable bonds is 9. The molecule has 0 N–H and O–H groups in total. The van der Waals surface area contributed by atoms with Crippen LogP contribution in [0.15, 0.2) is 60.7 Å². The van der Waals surface area contributed by atoms with Crippen LogP contribution in [0, 0.1) is 5.92 Å². The van der Waals surface area contributed by atoms with Crippen molar-refractivity contribution < 1.29 is 9.53 Å². The monoisotopic (exact) mass is 396 g/mol. The largest absolute Gasteiger partial charge is 0.443 e. The van der Waals surface area contributed by atoms with E-state index in [1.54, 1.807) is 5.01 Å². The Morgan fingerprint density at radius 2 is 1.38 bits per heavy atom. The van der Waals surface area contributed by atoms with Crippen LogP contribution in [0.4, 0.5) is 4.79 Å². The molecule has 0 spiro atoms. The zero-order valence-corrected chi connectivity index (χ0v) is 18.6. The quantitative estimate of drug-likeness (QED) is 0.468. The first-order valence-corrected chi connectivity index (χ1v) is 10.6. The lowest BCUT2D eigenvalue weighted by Crippen LogP contribution is -2.48. The second kappa shape index (κ2) is 11.0. The zero-order valence-electron chi connectivity index (χ0n) is 18.6. The van der Waals surface area contributed by atoms with Crippen molar-refractivity contribution in [3.63, 3.8) is 0 Å². The van der Waals surface area contributed by atoms with E-state index in [0.717, 1.165) is 12.8 Å². The number of ether oxygens (including phenoxy) is 1. The van der Waals surface area contributed by atoms with Gasteiger partial charge >= 0.3 is 6.09 Å². The number of carbonyl (C=O) groups is 1. The van der Waals surface area contributed by atoms with Gasteiger partial charge in [0, 0.05) is 19.6 Å². The average Bonchev–Trinajstić information content (AvgIpc) is 2.65. The number of hydrogen-bond donors (Lipinski definition) is 0. The molecule has 0 aliphatic heterocycles. The Kier molecular flexibility index (Phi) is 8.71. The number of hydrazine groups is 1. The second-order valence-corrected chi connectivity index (χ2v) is 8.93. The molecule has 1 amide bonds. The number of benzene rings is 2. The SMILES string of the molecule is CC(C)CCCN(C(=O)OC(C)(C)C)N(Cc1ccccc1)Cc1ccccc1. The molecule has 0 aliphatic carbocycles. The van der Waals surface area contributed by atoms with E-state index < -0.39 is 5.60 Å². The highest BCUT2D eigenvalue weighted by Gasteiger charge is 2.27. The standard InChI is InChI=1S/C25H36N2O2/c1-21(2)13-12-18-27(24(28)29-25(3,4)5)26(19-22-14-8-6-9-15-22)20-23-16-10-7-11-17-23/h6-11,14-17,21H,12-13,18-20H2,1-5H3. The summed E-state index contributed by atoms with van der Waals surface area (Å²) in [6, 6.07) is 20.6. The van der Waals surface area contributed by atoms with Crippen LogP contribution in [-0.2, 0) is 17.8 Å². The first-order chi connectivity index (χ1) is 13.7. The lowest BCUT2D eigenvalue weighted by molar-refractivity contribution is -0.0613. The van der Waals surface area contributed by atoms with Crippen LogP contribution in [0.3, 0.4) is 0 Å². The first-order valence-electron chi connectivity index (χ1n) is 10.6. The molecule has 0 fully saturated rings. The summed E-state index contributed by atoms with van der Waals surface area (Å²) >= 11 is 0. The molecule has 0 radical (unpaired) electrons. The Balaban J connectivity index is 2.27. The lowest BCUT2D eigenvalue weighted by Gasteiger charge is -2.36. The van der Waals surface area contributed by atoms with Crippen molar-refractivity contribution in [1.29, 1.82) is 0 Å². The van der Waals surface area contributed by atoms with Crippen LogP contribution in [0.1, 0.15) is 58.6 Å². The van der Waals surface area contributed by atoms with E-state index in [1.165, 1.54) is 11.1 Å². The molecule has 0 heterocycles. The van der Waals surface area contributed by atoms with Crippen molar-refractivity contribution in [2.45, 2.75) is 66.2 Å². The Morgan fingerprint density at radius 1 is 0.897 bits per heavy atom. The highest BCUT2D eigenvalue weighted by molar-refractivity contribution is 5.67. The minimum absolute atomic E-state index is 0.284. The topological polar surface area (TPSA) is 32.8 Å². The fourth-order valence-electron chi connectivity index (χ4n) is 3.13. The van der Waals surface area contributed by atoms with Crippen LogP contribution in [0.25, 0.3) is 0 Å². The number of amides is 1. The van der Waals surface area contributed by atoms with Gasteiger partial charge in [0.25, 0.3) is 0 Å². The number of carbonyl (C=O) groups excluding carboxylic acids is 1. The average molecular weight is 397 g/mol. The van der Waals surface area contributed by atoms with E-state index in [-0.39, 0.29) is 6.09 Å². The van der Waals surface area contributed by atoms with Gasteiger partial charge in [-0.1, -0.05) is 74.5 Å². The van der Waals surface area contributed by atoms with E-state index in [4.69, 9.17) is 4.74 Å². The molecule has 0 saturated heterocycles. The lowest BCUT2D eigenvalue weighted by atomic mass is 10.1. The molecule has 2 aromatic rings. The fourth-order valence-corrected chi connectivity index (χ4v) is 3.13. The Morgan fingerprint density at radius 3 is 1.79 bits per heavy atom. The van der Waals surface area contributed by atoms with Gasteiger partial charge in [0.1, 0.15) is 5.60 Å². The molecule has 0 bridgehead atoms. The molecular formula is C25H36N2O2. The normalized spacial score (nSPS) is 11.7. The minimum Gasteiger partial charge on any atom is -0.443 e. The molecule has 29 heavy (non-hydrogen) atoms. The van der Waals surface area contributed by atoms with Gasteiger partial charge in [0.15, 0.2) is 0 Å². The van der Waals surface area contributed by atoms with Crippen LogP contribution in [-0.4, -0.2) is 28.3 Å². The second-order valence-electron chi connectivity index (χ2n) is 8.93. The van der Waals surface area contributed by atoms with E-state index in [0.29, 0.717) is 25.6 Å². The van der Waals surface area contributed by atoms with Gasteiger partial charge in [0.2, 0.25) is 0 Å². The fraction of sp³-hybridized carbons (Fsp3) is 0.480. The molecule has 4 nitrogen and oxygen atoms in total. The third-order valence-corrected chi connectivity index (χ3v) is 4.51. The predicted octanol–water partition coefficient (Wildman–Crippen LogP) is 6.28. The van der Waals surface area contributed by atoms with Crippen LogP contribution < -0.4 is 0 Å². The Labute approximate surface area is 176 Å². The highest BCUT2D eigenvalue weighted by atomic mass is 16.6. The van der Waals surface area contributed by atoms with Crippen molar-refractivity contribution >= 4 is 6.09 Å². The van der Waals surface area contributed by atoms with Crippen molar-refractivity contribution in [1.82, 2.24) is 10.0 Å². The van der Waals surface area contributed by atoms with Gasteiger partial charge in [0.05, 0.1) is 0 Å². The number of nitrogens with zero attached hydrogens (tertiary/aromatic N) is 2. The predicted molar refractivity (Wildman–Crippen MR) is 119 cm³/mol. The van der Waals surface area contributed by atoms with Gasteiger partial charge in [-0.2, -0.15) is 0 Å². The van der Waals surface area contributed by atoms with E-state index >= 15 is 0 Å². The third-order valence-electron chi connectivity index (χ3n) is 4.51. The Hall–Kier alpha value is -2.33. The zero-order chi connectivity index (χ0) is 21.3. The summed E-state index contributed by atoms with van der Waals surface area (Å²) in [5.74, 6) is 0.604. The van der Waals surface area contributed by atoms with Crippen LogP contribution >= 0.6 is 0 Å². The maximum Gasteiger partial charge on any atom is 0.424 e. The van der Waals surface area contributed by atoms with Crippen molar-refractivity contribution in [2.75, 3.05) is 6.54 Å². The van der Waals surface area contributed by atoms with Crippen LogP contribution in [0.2, 0.25) is 0 Å². The minimum atomic E-state index is -0.529. The summed E-state index contributed by atoms with van der Waals surface area (Å²) in [5.41, 5.74) is 1.81. The van der Waals surface area contributed by atoms with Gasteiger partial charge in [-0.05, 0) is 50.7 Å². The summed E-state index contributed by atoms with van der Waals surface area (Å²) in [6.07, 6.45) is 1.73. The van der Waals surface area contributed by atoms with E-state index in [9.17, 15) is 4.79 Å². The van der Waals surface area contributed by atoms with Gasteiger partial charge in [-0.15, -0.1) is 0 Å². The summed E-state index contributed by atoms with van der Waals surface area (Å²) in [7, 11) is 0. The number of hydrogen-bond acceptors (Lipinski definition) is 3. The first kappa shape index (κ1) is 23.0. The summed E-state index contributed by atoms with van der Waals surface area (Å²) in [4.78, 5) is 13.1. The molecule has 0 aromatic heterocycles. The smallest absolute Gasteiger partial charge is 0.424 e. The van der Waals surface area contributed by atoms with Gasteiger partial charge in [-0.25, -0.2) is 14.8 Å². The maximum absolute atomic E-state index is 13.1. The molecule has 0 unspecified atom stereocenters. The molecule has 0 aliphatic rings. The summed E-state index contributed by atoms with van der Waals surface area (Å²) < 4.78 is 5.76. The summed E-state index contributed by atoms with van der Waals surface area (Å²) in [5, 5.41) is 3.91. The highest BCUT2D eigenvalue weighted by Crippen LogP contribution is 2.18. The molecule has 0 saturated carbocycles.